The Hall–Kier alpha value is -1.72. The Bertz CT molecular complexity index is 637. The van der Waals surface area contributed by atoms with Crippen molar-refractivity contribution in [1.82, 2.24) is 0 Å². The molecule has 1 aliphatic rings. The van der Waals surface area contributed by atoms with E-state index in [9.17, 15) is 19.8 Å². The molecule has 0 aromatic carbocycles. The summed E-state index contributed by atoms with van der Waals surface area (Å²) in [5.41, 5.74) is -0.249. The third-order valence-corrected chi connectivity index (χ3v) is 5.12. The quantitative estimate of drug-likeness (QED) is 0.430. The molecule has 0 amide bonds. The Morgan fingerprint density at radius 3 is 2.38 bits per heavy atom. The lowest BCUT2D eigenvalue weighted by molar-refractivity contribution is -0.127. The molecule has 1 unspecified atom stereocenters. The van der Waals surface area contributed by atoms with Crippen LogP contribution in [0, 0.1) is 11.8 Å². The average molecular weight is 364 g/mol. The number of allylic oxidation sites excluding steroid dienone is 4. The molecule has 26 heavy (non-hydrogen) atoms. The van der Waals surface area contributed by atoms with E-state index in [0.29, 0.717) is 12.8 Å². The molecule has 0 radical (unpaired) electrons. The molecule has 0 spiro atoms. The van der Waals surface area contributed by atoms with Crippen molar-refractivity contribution in [3.05, 3.63) is 34.6 Å². The van der Waals surface area contributed by atoms with Gasteiger partial charge in [-0.05, 0) is 46.5 Å². The molecule has 0 saturated heterocycles. The molecule has 3 N–H and O–H groups in total. The van der Waals surface area contributed by atoms with Crippen molar-refractivity contribution < 1.29 is 24.9 Å². The smallest absolute Gasteiger partial charge is 0.176 e. The van der Waals surface area contributed by atoms with E-state index in [-0.39, 0.29) is 30.9 Å². The minimum Gasteiger partial charge on any atom is -0.508 e. The van der Waals surface area contributed by atoms with E-state index in [0.717, 1.165) is 11.1 Å². The van der Waals surface area contributed by atoms with Crippen molar-refractivity contribution in [2.75, 3.05) is 6.61 Å². The summed E-state index contributed by atoms with van der Waals surface area (Å²) in [6.07, 6.45) is 4.92. The van der Waals surface area contributed by atoms with Gasteiger partial charge in [-0.1, -0.05) is 37.1 Å². The molecule has 146 valence electrons. The number of aliphatic hydroxyl groups is 3. The predicted octanol–water partition coefficient (Wildman–Crippen LogP) is 3.42. The standard InChI is InChI=1S/C21H32O5/c1-6-15(5)18(23)17-19(24)16(10-9-13(2)3)21(26,20(17)25)11-7-8-14(4)12-22/h8-9,15-16,22,25-26H,6-7,10-12H2,1-5H3/b14-8+/t15?,16-,21+/m0/s1. The fourth-order valence-corrected chi connectivity index (χ4v) is 3.11. The van der Waals surface area contributed by atoms with Crippen LogP contribution in [0.3, 0.4) is 0 Å². The van der Waals surface area contributed by atoms with Gasteiger partial charge in [-0.15, -0.1) is 0 Å². The zero-order valence-electron chi connectivity index (χ0n) is 16.5. The Morgan fingerprint density at radius 2 is 1.88 bits per heavy atom. The monoisotopic (exact) mass is 364 g/mol. The summed E-state index contributed by atoms with van der Waals surface area (Å²) in [5, 5.41) is 30.9. The van der Waals surface area contributed by atoms with Gasteiger partial charge in [-0.3, -0.25) is 9.59 Å². The third kappa shape index (κ3) is 4.71. The fourth-order valence-electron chi connectivity index (χ4n) is 3.11. The van der Waals surface area contributed by atoms with Crippen molar-refractivity contribution in [3.63, 3.8) is 0 Å². The molecule has 0 aliphatic heterocycles. The van der Waals surface area contributed by atoms with E-state index in [1.54, 1.807) is 19.9 Å². The van der Waals surface area contributed by atoms with Crippen LogP contribution in [0.15, 0.2) is 34.6 Å². The topological polar surface area (TPSA) is 94.8 Å². The van der Waals surface area contributed by atoms with Crippen LogP contribution >= 0.6 is 0 Å². The second kappa shape index (κ2) is 9.28. The van der Waals surface area contributed by atoms with Gasteiger partial charge in [0.1, 0.15) is 16.9 Å². The van der Waals surface area contributed by atoms with Crippen molar-refractivity contribution >= 4 is 11.6 Å². The Labute approximate surface area is 156 Å². The summed E-state index contributed by atoms with van der Waals surface area (Å²) in [6.45, 7) is 9.02. The van der Waals surface area contributed by atoms with Crippen LogP contribution in [0.2, 0.25) is 0 Å². The molecule has 0 aromatic rings. The zero-order chi connectivity index (χ0) is 20.1. The molecule has 0 heterocycles. The van der Waals surface area contributed by atoms with Crippen molar-refractivity contribution in [2.45, 2.75) is 65.9 Å². The Kier molecular flexibility index (Phi) is 7.97. The number of hydrogen-bond donors (Lipinski definition) is 3. The van der Waals surface area contributed by atoms with Crippen LogP contribution in [-0.2, 0) is 9.59 Å². The second-order valence-electron chi connectivity index (χ2n) is 7.50. The maximum atomic E-state index is 12.9. The maximum absolute atomic E-state index is 12.9. The number of aliphatic hydroxyl groups excluding tert-OH is 2. The molecule has 0 aromatic heterocycles. The Balaban J connectivity index is 3.27. The summed E-state index contributed by atoms with van der Waals surface area (Å²) in [5.74, 6) is -2.64. The third-order valence-electron chi connectivity index (χ3n) is 5.12. The minimum atomic E-state index is -1.76. The second-order valence-corrected chi connectivity index (χ2v) is 7.50. The predicted molar refractivity (Wildman–Crippen MR) is 102 cm³/mol. The summed E-state index contributed by atoms with van der Waals surface area (Å²) >= 11 is 0. The van der Waals surface area contributed by atoms with Gasteiger partial charge in [-0.25, -0.2) is 0 Å². The van der Waals surface area contributed by atoms with E-state index in [2.05, 4.69) is 0 Å². The van der Waals surface area contributed by atoms with Crippen LogP contribution in [0.1, 0.15) is 60.3 Å². The van der Waals surface area contributed by atoms with Crippen LogP contribution in [-0.4, -0.2) is 39.1 Å². The Morgan fingerprint density at radius 1 is 1.27 bits per heavy atom. The van der Waals surface area contributed by atoms with E-state index >= 15 is 0 Å². The highest BCUT2D eigenvalue weighted by Gasteiger charge is 2.54. The lowest BCUT2D eigenvalue weighted by Crippen LogP contribution is -2.38. The lowest BCUT2D eigenvalue weighted by Gasteiger charge is -2.28. The van der Waals surface area contributed by atoms with Crippen LogP contribution in [0.4, 0.5) is 0 Å². The molecule has 1 aliphatic carbocycles. The van der Waals surface area contributed by atoms with E-state index < -0.39 is 28.8 Å². The first-order valence-corrected chi connectivity index (χ1v) is 9.24. The highest BCUT2D eigenvalue weighted by atomic mass is 16.3. The van der Waals surface area contributed by atoms with Crippen LogP contribution < -0.4 is 0 Å². The van der Waals surface area contributed by atoms with E-state index in [1.165, 1.54) is 0 Å². The van der Waals surface area contributed by atoms with E-state index in [4.69, 9.17) is 5.11 Å². The van der Waals surface area contributed by atoms with Crippen molar-refractivity contribution in [1.29, 1.82) is 0 Å². The minimum absolute atomic E-state index is 0.0852. The van der Waals surface area contributed by atoms with E-state index in [1.807, 2.05) is 26.8 Å². The zero-order valence-corrected chi connectivity index (χ0v) is 16.5. The first-order chi connectivity index (χ1) is 12.1. The maximum Gasteiger partial charge on any atom is 0.176 e. The van der Waals surface area contributed by atoms with Gasteiger partial charge in [0.25, 0.3) is 0 Å². The number of Topliss-reactive ketones (excluding diaryl/α,β-unsaturated/α-hetero) is 2. The van der Waals surface area contributed by atoms with Crippen LogP contribution in [0.25, 0.3) is 0 Å². The van der Waals surface area contributed by atoms with Crippen LogP contribution in [0.5, 0.6) is 0 Å². The highest BCUT2D eigenvalue weighted by molar-refractivity contribution is 6.24. The molecule has 5 nitrogen and oxygen atoms in total. The summed E-state index contributed by atoms with van der Waals surface area (Å²) in [7, 11) is 0. The SMILES string of the molecule is CCC(C)C(=O)C1=C(O)[C@@](O)(CC/C=C(\C)CO)[C@@H](CC=C(C)C)C1=O. The molecular formula is C21H32O5. The van der Waals surface area contributed by atoms with Gasteiger partial charge in [0.2, 0.25) is 0 Å². The number of hydrogen-bond acceptors (Lipinski definition) is 5. The summed E-state index contributed by atoms with van der Waals surface area (Å²) in [6, 6.07) is 0. The molecular weight excluding hydrogens is 332 g/mol. The average Bonchev–Trinajstić information content (AvgIpc) is 2.77. The van der Waals surface area contributed by atoms with Gasteiger partial charge >= 0.3 is 0 Å². The molecule has 3 atom stereocenters. The van der Waals surface area contributed by atoms with Crippen molar-refractivity contribution in [3.8, 4) is 0 Å². The highest BCUT2D eigenvalue weighted by Crippen LogP contribution is 2.43. The molecule has 0 fully saturated rings. The molecule has 5 heteroatoms. The van der Waals surface area contributed by atoms with Gasteiger partial charge in [-0.2, -0.15) is 0 Å². The molecule has 1 rings (SSSR count). The van der Waals surface area contributed by atoms with Gasteiger partial charge in [0.15, 0.2) is 11.6 Å². The molecule has 0 bridgehead atoms. The first kappa shape index (κ1) is 22.3. The van der Waals surface area contributed by atoms with Gasteiger partial charge in [0, 0.05) is 5.92 Å². The summed E-state index contributed by atoms with van der Waals surface area (Å²) in [4.78, 5) is 25.5. The van der Waals surface area contributed by atoms with Crippen molar-refractivity contribution in [2.24, 2.45) is 11.8 Å². The number of carbonyl (C=O) groups excluding carboxylic acids is 2. The largest absolute Gasteiger partial charge is 0.508 e. The number of carbonyl (C=O) groups is 2. The first-order valence-electron chi connectivity index (χ1n) is 9.24. The fraction of sp³-hybridized carbons (Fsp3) is 0.619. The van der Waals surface area contributed by atoms with Gasteiger partial charge < -0.3 is 15.3 Å². The van der Waals surface area contributed by atoms with Gasteiger partial charge in [0.05, 0.1) is 12.5 Å². The number of rotatable bonds is 9. The normalized spacial score (nSPS) is 24.8. The molecule has 0 saturated carbocycles. The number of ketones is 2. The lowest BCUT2D eigenvalue weighted by atomic mass is 9.82. The summed E-state index contributed by atoms with van der Waals surface area (Å²) < 4.78 is 0.